The number of nitrogens with zero attached hydrogens (tertiary/aromatic N) is 1. The normalized spacial score (nSPS) is 20.5. The topological polar surface area (TPSA) is 66.8 Å². The lowest BCUT2D eigenvalue weighted by Gasteiger charge is -2.17. The zero-order valence-corrected chi connectivity index (χ0v) is 12.4. The maximum atomic E-state index is 14.1. The summed E-state index contributed by atoms with van der Waals surface area (Å²) in [5.74, 6) is -0.960. The fourth-order valence-corrected chi connectivity index (χ4v) is 4.09. The third-order valence-electron chi connectivity index (χ3n) is 3.31. The Morgan fingerprint density at radius 2 is 2.25 bits per heavy atom. The summed E-state index contributed by atoms with van der Waals surface area (Å²) in [6, 6.07) is 2.27. The van der Waals surface area contributed by atoms with Crippen LogP contribution in [-0.4, -0.2) is 44.1 Å². The molecule has 8 heteroatoms. The van der Waals surface area contributed by atoms with Gasteiger partial charge in [0, 0.05) is 30.8 Å². The molecular weight excluding hydrogens is 309 g/mol. The van der Waals surface area contributed by atoms with E-state index in [4.69, 9.17) is 21.4 Å². The van der Waals surface area contributed by atoms with E-state index in [2.05, 4.69) is 0 Å². The summed E-state index contributed by atoms with van der Waals surface area (Å²) in [5, 5.41) is 9.12. The third kappa shape index (κ3) is 2.82. The van der Waals surface area contributed by atoms with Crippen LogP contribution in [0.2, 0.25) is 5.02 Å². The number of ether oxygens (including phenoxy) is 1. The summed E-state index contributed by atoms with van der Waals surface area (Å²) in [6.45, 7) is -0.171. The van der Waals surface area contributed by atoms with E-state index in [0.29, 0.717) is 6.42 Å². The molecule has 1 unspecified atom stereocenters. The molecule has 0 aromatic heterocycles. The van der Waals surface area contributed by atoms with Gasteiger partial charge < -0.3 is 9.84 Å². The lowest BCUT2D eigenvalue weighted by molar-refractivity contribution is 0.115. The SMILES string of the molecule is COC1CCN(S(=O)(=O)c2cc(Cl)cc(CO)c2F)C1. The summed E-state index contributed by atoms with van der Waals surface area (Å²) in [4.78, 5) is -0.509. The van der Waals surface area contributed by atoms with Crippen LogP contribution in [0, 0.1) is 5.82 Å². The monoisotopic (exact) mass is 323 g/mol. The second-order valence-corrected chi connectivity index (χ2v) is 6.89. The van der Waals surface area contributed by atoms with Gasteiger partial charge in [-0.25, -0.2) is 12.8 Å². The van der Waals surface area contributed by atoms with Crippen molar-refractivity contribution in [2.75, 3.05) is 20.2 Å². The van der Waals surface area contributed by atoms with E-state index in [1.54, 1.807) is 0 Å². The Hall–Kier alpha value is -0.730. The standard InChI is InChI=1S/C12H15ClFNO4S/c1-19-10-2-3-15(6-10)20(17,18)11-5-9(13)4-8(7-16)12(11)14/h4-5,10,16H,2-3,6-7H2,1H3. The van der Waals surface area contributed by atoms with Gasteiger partial charge in [0.1, 0.15) is 10.7 Å². The molecule has 0 amide bonds. The maximum absolute atomic E-state index is 14.1. The Morgan fingerprint density at radius 1 is 1.55 bits per heavy atom. The van der Waals surface area contributed by atoms with Gasteiger partial charge in [-0.3, -0.25) is 0 Å². The zero-order valence-electron chi connectivity index (χ0n) is 10.8. The van der Waals surface area contributed by atoms with Crippen molar-refractivity contribution in [3.8, 4) is 0 Å². The highest BCUT2D eigenvalue weighted by Crippen LogP contribution is 2.28. The van der Waals surface area contributed by atoms with E-state index in [0.717, 1.165) is 10.4 Å². The van der Waals surface area contributed by atoms with Crippen LogP contribution < -0.4 is 0 Å². The first kappa shape index (κ1) is 15.7. The molecule has 1 saturated heterocycles. The van der Waals surface area contributed by atoms with Crippen molar-refractivity contribution in [3.63, 3.8) is 0 Å². The van der Waals surface area contributed by atoms with E-state index >= 15 is 0 Å². The van der Waals surface area contributed by atoms with Crippen molar-refractivity contribution >= 4 is 21.6 Å². The molecule has 112 valence electrons. The number of benzene rings is 1. The Kier molecular flexibility index (Phi) is 4.66. The summed E-state index contributed by atoms with van der Waals surface area (Å²) in [7, 11) is -2.48. The van der Waals surface area contributed by atoms with Crippen LogP contribution in [0.25, 0.3) is 0 Å². The number of hydrogen-bond donors (Lipinski definition) is 1. The number of aliphatic hydroxyl groups excluding tert-OH is 1. The molecule has 0 spiro atoms. The molecule has 1 aromatic carbocycles. The van der Waals surface area contributed by atoms with Gasteiger partial charge >= 0.3 is 0 Å². The lowest BCUT2D eigenvalue weighted by Crippen LogP contribution is -2.31. The molecule has 0 saturated carbocycles. The fourth-order valence-electron chi connectivity index (χ4n) is 2.17. The second kappa shape index (κ2) is 5.95. The van der Waals surface area contributed by atoms with Gasteiger partial charge in [0.2, 0.25) is 10.0 Å². The van der Waals surface area contributed by atoms with Gasteiger partial charge in [0.25, 0.3) is 0 Å². The molecule has 0 bridgehead atoms. The van der Waals surface area contributed by atoms with Gasteiger partial charge in [-0.2, -0.15) is 4.31 Å². The van der Waals surface area contributed by atoms with Crippen LogP contribution >= 0.6 is 11.6 Å². The highest BCUT2D eigenvalue weighted by molar-refractivity contribution is 7.89. The van der Waals surface area contributed by atoms with Gasteiger partial charge in [0.15, 0.2) is 0 Å². The Morgan fingerprint density at radius 3 is 2.80 bits per heavy atom. The quantitative estimate of drug-likeness (QED) is 0.909. The van der Waals surface area contributed by atoms with Crippen molar-refractivity contribution in [2.45, 2.75) is 24.0 Å². The number of rotatable bonds is 4. The first-order valence-corrected chi connectivity index (χ1v) is 7.83. The van der Waals surface area contributed by atoms with E-state index in [1.165, 1.54) is 13.2 Å². The lowest BCUT2D eigenvalue weighted by atomic mass is 10.2. The minimum atomic E-state index is -3.98. The zero-order chi connectivity index (χ0) is 14.9. The van der Waals surface area contributed by atoms with Crippen molar-refractivity contribution < 1.29 is 22.7 Å². The largest absolute Gasteiger partial charge is 0.392 e. The highest BCUT2D eigenvalue weighted by atomic mass is 35.5. The van der Waals surface area contributed by atoms with Gasteiger partial charge in [0.05, 0.1) is 12.7 Å². The summed E-state index contributed by atoms with van der Waals surface area (Å²) in [5.41, 5.74) is -0.140. The Balaban J connectivity index is 2.42. The van der Waals surface area contributed by atoms with Crippen molar-refractivity contribution in [2.24, 2.45) is 0 Å². The summed E-state index contributed by atoms with van der Waals surface area (Å²) < 4.78 is 45.2. The first-order chi connectivity index (χ1) is 9.40. The van der Waals surface area contributed by atoms with Gasteiger partial charge in [-0.15, -0.1) is 0 Å². The van der Waals surface area contributed by atoms with E-state index in [-0.39, 0.29) is 29.8 Å². The minimum Gasteiger partial charge on any atom is -0.392 e. The predicted molar refractivity (Wildman–Crippen MR) is 71.5 cm³/mol. The molecule has 5 nitrogen and oxygen atoms in total. The number of halogens is 2. The van der Waals surface area contributed by atoms with E-state index < -0.39 is 27.3 Å². The van der Waals surface area contributed by atoms with Crippen LogP contribution in [0.3, 0.4) is 0 Å². The molecule has 1 N–H and O–H groups in total. The molecule has 1 aliphatic heterocycles. The van der Waals surface area contributed by atoms with Crippen LogP contribution in [0.1, 0.15) is 12.0 Å². The Labute approximate surface area is 122 Å². The molecular formula is C12H15ClFNO4S. The minimum absolute atomic E-state index is 0.0662. The van der Waals surface area contributed by atoms with Gasteiger partial charge in [-0.1, -0.05) is 11.6 Å². The molecule has 1 aliphatic rings. The first-order valence-electron chi connectivity index (χ1n) is 6.02. The molecule has 20 heavy (non-hydrogen) atoms. The van der Waals surface area contributed by atoms with Crippen molar-refractivity contribution in [3.05, 3.63) is 28.5 Å². The average molecular weight is 324 g/mol. The molecule has 0 aliphatic carbocycles. The van der Waals surface area contributed by atoms with Crippen LogP contribution in [0.15, 0.2) is 17.0 Å². The molecule has 0 radical (unpaired) electrons. The van der Waals surface area contributed by atoms with Crippen LogP contribution in [0.4, 0.5) is 4.39 Å². The molecule has 2 rings (SSSR count). The smallest absolute Gasteiger partial charge is 0.246 e. The van der Waals surface area contributed by atoms with E-state index in [9.17, 15) is 12.8 Å². The average Bonchev–Trinajstić information content (AvgIpc) is 2.90. The fraction of sp³-hybridized carbons (Fsp3) is 0.500. The van der Waals surface area contributed by atoms with Crippen molar-refractivity contribution in [1.82, 2.24) is 4.31 Å². The molecule has 1 atom stereocenters. The number of sulfonamides is 1. The number of aliphatic hydroxyl groups is 1. The van der Waals surface area contributed by atoms with Crippen LogP contribution in [0.5, 0.6) is 0 Å². The number of methoxy groups -OCH3 is 1. The van der Waals surface area contributed by atoms with Crippen molar-refractivity contribution in [1.29, 1.82) is 0 Å². The van der Waals surface area contributed by atoms with E-state index in [1.807, 2.05) is 0 Å². The maximum Gasteiger partial charge on any atom is 0.246 e. The summed E-state index contributed by atoms with van der Waals surface area (Å²) in [6.07, 6.45) is 0.370. The summed E-state index contributed by atoms with van der Waals surface area (Å²) >= 11 is 5.78. The second-order valence-electron chi connectivity index (χ2n) is 4.54. The predicted octanol–water partition coefficient (Wildman–Crippen LogP) is 1.38. The molecule has 1 aromatic rings. The van der Waals surface area contributed by atoms with Gasteiger partial charge in [-0.05, 0) is 18.6 Å². The molecule has 1 fully saturated rings. The van der Waals surface area contributed by atoms with Crippen LogP contribution in [-0.2, 0) is 21.4 Å². The number of hydrogen-bond acceptors (Lipinski definition) is 4. The Bertz CT molecular complexity index is 608. The third-order valence-corrected chi connectivity index (χ3v) is 5.39. The molecule has 1 heterocycles. The highest BCUT2D eigenvalue weighted by Gasteiger charge is 2.35.